The molecule has 0 heterocycles. The van der Waals surface area contributed by atoms with Gasteiger partial charge in [0.05, 0.1) is 25.0 Å². The molecular weight excluding hydrogens is 332 g/mol. The Morgan fingerprint density at radius 2 is 1.00 bits per heavy atom. The van der Waals surface area contributed by atoms with Crippen LogP contribution in [0.1, 0.15) is 11.1 Å². The van der Waals surface area contributed by atoms with E-state index in [9.17, 15) is 19.8 Å². The molecule has 6 heteroatoms. The van der Waals surface area contributed by atoms with Crippen molar-refractivity contribution in [2.75, 3.05) is 0 Å². The number of carbonyl (C=O) groups excluding carboxylic acids is 2. The van der Waals surface area contributed by atoms with Gasteiger partial charge in [-0.05, 0) is 12.2 Å². The number of allylic oxidation sites excluding steroid dienone is 2. The molecule has 0 unspecified atom stereocenters. The zero-order chi connectivity index (χ0) is 19.6. The first-order chi connectivity index (χ1) is 12.5. The Morgan fingerprint density at radius 3 is 1.19 bits per heavy atom. The number of carbonyl (C=O) groups is 2. The van der Waals surface area contributed by atoms with Crippen molar-refractivity contribution >= 4 is 11.9 Å². The Morgan fingerprint density at radius 1 is 0.692 bits per heavy atom. The summed E-state index contributed by atoms with van der Waals surface area (Å²) in [4.78, 5) is 19.3. The molecule has 0 aliphatic rings. The SMILES string of the molecule is O=C([O-])/C=C\C=C/C(=O)[O-].[NH3+]Cc1ccccc1.[NH3+]Cc1ccccc1. The van der Waals surface area contributed by atoms with Crippen molar-refractivity contribution in [1.29, 1.82) is 0 Å². The molecule has 0 fully saturated rings. The topological polar surface area (TPSA) is 136 Å². The van der Waals surface area contributed by atoms with E-state index in [1.165, 1.54) is 11.1 Å². The van der Waals surface area contributed by atoms with E-state index in [-0.39, 0.29) is 0 Å². The van der Waals surface area contributed by atoms with Crippen molar-refractivity contribution in [1.82, 2.24) is 0 Å². The Kier molecular flexibility index (Phi) is 13.4. The maximum atomic E-state index is 9.65. The highest BCUT2D eigenvalue weighted by molar-refractivity contribution is 5.80. The summed E-state index contributed by atoms with van der Waals surface area (Å²) in [6.45, 7) is 1.78. The van der Waals surface area contributed by atoms with Gasteiger partial charge in [-0.2, -0.15) is 0 Å². The van der Waals surface area contributed by atoms with Gasteiger partial charge in [-0.1, -0.05) is 72.8 Å². The standard InChI is InChI=1S/2C7H9N.C6H6O4/c2*8-6-7-4-2-1-3-5-7;7-5(8)3-1-2-4-6(9)10/h2*1-5H,6,8H2;1-4H,(H,7,8)(H,9,10)/b;;3-1-,4-2-. The van der Waals surface area contributed by atoms with E-state index in [0.717, 1.165) is 25.2 Å². The lowest BCUT2D eigenvalue weighted by atomic mass is 10.2. The van der Waals surface area contributed by atoms with Crippen molar-refractivity contribution in [3.8, 4) is 0 Å². The van der Waals surface area contributed by atoms with Gasteiger partial charge < -0.3 is 31.3 Å². The number of hydrogen-bond acceptors (Lipinski definition) is 4. The van der Waals surface area contributed by atoms with Gasteiger partial charge in [-0.25, -0.2) is 0 Å². The number of carboxylic acids is 2. The third kappa shape index (κ3) is 14.4. The van der Waals surface area contributed by atoms with Crippen LogP contribution >= 0.6 is 0 Å². The minimum Gasteiger partial charge on any atom is -0.545 e. The smallest absolute Gasteiger partial charge is 0.0997 e. The molecule has 0 saturated heterocycles. The van der Waals surface area contributed by atoms with Crippen LogP contribution in [-0.4, -0.2) is 11.9 Å². The first-order valence-corrected chi connectivity index (χ1v) is 7.92. The van der Waals surface area contributed by atoms with Crippen molar-refractivity contribution in [2.45, 2.75) is 13.1 Å². The van der Waals surface area contributed by atoms with Crippen LogP contribution in [-0.2, 0) is 22.7 Å². The highest BCUT2D eigenvalue weighted by atomic mass is 16.4. The average molecular weight is 356 g/mol. The summed E-state index contributed by atoms with van der Waals surface area (Å²) in [7, 11) is 0. The Balaban J connectivity index is 0.000000363. The first-order valence-electron chi connectivity index (χ1n) is 7.92. The number of quaternary nitrogens is 2. The van der Waals surface area contributed by atoms with Gasteiger partial charge in [0.15, 0.2) is 0 Å². The molecule has 2 aromatic rings. The molecule has 0 saturated carbocycles. The van der Waals surface area contributed by atoms with E-state index in [2.05, 4.69) is 35.7 Å². The fraction of sp³-hybridized carbons (Fsp3) is 0.100. The van der Waals surface area contributed by atoms with Gasteiger partial charge in [-0.15, -0.1) is 0 Å². The molecule has 6 N–H and O–H groups in total. The van der Waals surface area contributed by atoms with E-state index in [0.29, 0.717) is 12.2 Å². The summed E-state index contributed by atoms with van der Waals surface area (Å²) in [5, 5.41) is 19.3. The molecule has 2 rings (SSSR count). The number of carboxylic acid groups (broad SMARTS) is 2. The quantitative estimate of drug-likeness (QED) is 0.495. The van der Waals surface area contributed by atoms with Crippen LogP contribution in [0.15, 0.2) is 85.0 Å². The van der Waals surface area contributed by atoms with Crippen LogP contribution < -0.4 is 21.7 Å². The molecule has 26 heavy (non-hydrogen) atoms. The number of benzene rings is 2. The molecule has 0 aliphatic heterocycles. The van der Waals surface area contributed by atoms with Crippen LogP contribution in [0.25, 0.3) is 0 Å². The monoisotopic (exact) mass is 356 g/mol. The van der Waals surface area contributed by atoms with Crippen LogP contribution in [0.4, 0.5) is 0 Å². The third-order valence-corrected chi connectivity index (χ3v) is 2.84. The number of aliphatic carboxylic acids is 2. The molecular formula is C20H24N2O4. The van der Waals surface area contributed by atoms with Crippen molar-refractivity contribution in [3.63, 3.8) is 0 Å². The van der Waals surface area contributed by atoms with E-state index in [1.807, 2.05) is 36.4 Å². The predicted octanol–water partition coefficient (Wildman–Crippen LogP) is -1.54. The van der Waals surface area contributed by atoms with Crippen LogP contribution in [0.5, 0.6) is 0 Å². The van der Waals surface area contributed by atoms with Crippen LogP contribution in [0.2, 0.25) is 0 Å². The molecule has 0 radical (unpaired) electrons. The van der Waals surface area contributed by atoms with E-state index in [4.69, 9.17) is 0 Å². The second-order valence-electron chi connectivity index (χ2n) is 4.83. The Labute approximate surface area is 153 Å². The molecule has 0 aliphatic carbocycles. The van der Waals surface area contributed by atoms with Crippen LogP contribution in [0.3, 0.4) is 0 Å². The van der Waals surface area contributed by atoms with Crippen molar-refractivity contribution in [2.24, 2.45) is 0 Å². The molecule has 0 amide bonds. The lowest BCUT2D eigenvalue weighted by molar-refractivity contribution is -0.386. The highest BCUT2D eigenvalue weighted by Gasteiger charge is 1.83. The molecule has 0 aromatic heterocycles. The highest BCUT2D eigenvalue weighted by Crippen LogP contribution is 1.94. The van der Waals surface area contributed by atoms with E-state index >= 15 is 0 Å². The zero-order valence-electron chi connectivity index (χ0n) is 14.5. The van der Waals surface area contributed by atoms with Gasteiger partial charge in [0, 0.05) is 11.1 Å². The number of hydrogen-bond donors (Lipinski definition) is 2. The maximum Gasteiger partial charge on any atom is 0.0997 e. The molecule has 6 nitrogen and oxygen atoms in total. The van der Waals surface area contributed by atoms with Gasteiger partial charge >= 0.3 is 0 Å². The summed E-state index contributed by atoms with van der Waals surface area (Å²) < 4.78 is 0. The lowest BCUT2D eigenvalue weighted by Crippen LogP contribution is -2.47. The molecule has 0 bridgehead atoms. The van der Waals surface area contributed by atoms with Crippen molar-refractivity contribution in [3.05, 3.63) is 96.1 Å². The average Bonchev–Trinajstić information content (AvgIpc) is 2.67. The summed E-state index contributed by atoms with van der Waals surface area (Å²) in [6, 6.07) is 20.4. The fourth-order valence-electron chi connectivity index (χ4n) is 1.56. The second kappa shape index (κ2) is 15.3. The predicted molar refractivity (Wildman–Crippen MR) is 94.4 cm³/mol. The molecule has 138 valence electrons. The van der Waals surface area contributed by atoms with Gasteiger partial charge in [0.2, 0.25) is 0 Å². The van der Waals surface area contributed by atoms with Gasteiger partial charge in [0.1, 0.15) is 0 Å². The molecule has 2 aromatic carbocycles. The molecule has 0 atom stereocenters. The normalized spacial score (nSPS) is 9.77. The summed E-state index contributed by atoms with van der Waals surface area (Å²) >= 11 is 0. The molecule has 0 spiro atoms. The fourth-order valence-corrected chi connectivity index (χ4v) is 1.56. The lowest BCUT2D eigenvalue weighted by Gasteiger charge is -1.88. The minimum atomic E-state index is -1.37. The second-order valence-corrected chi connectivity index (χ2v) is 4.83. The van der Waals surface area contributed by atoms with E-state index < -0.39 is 11.9 Å². The summed E-state index contributed by atoms with van der Waals surface area (Å²) in [6.07, 6.45) is 3.48. The van der Waals surface area contributed by atoms with Gasteiger partial charge in [0.25, 0.3) is 0 Å². The summed E-state index contributed by atoms with van der Waals surface area (Å²) in [5.74, 6) is -2.74. The Bertz CT molecular complexity index is 622. The first kappa shape index (κ1) is 22.8. The minimum absolute atomic E-state index is 0.708. The van der Waals surface area contributed by atoms with Gasteiger partial charge in [-0.3, -0.25) is 0 Å². The van der Waals surface area contributed by atoms with Crippen molar-refractivity contribution < 1.29 is 31.3 Å². The largest absolute Gasteiger partial charge is 0.545 e. The Hall–Kier alpha value is -3.22. The maximum absolute atomic E-state index is 9.65. The number of rotatable bonds is 5. The van der Waals surface area contributed by atoms with Crippen LogP contribution in [0, 0.1) is 0 Å². The summed E-state index contributed by atoms with van der Waals surface area (Å²) in [5.41, 5.74) is 10.1. The van der Waals surface area contributed by atoms with E-state index in [1.54, 1.807) is 0 Å². The zero-order valence-corrected chi connectivity index (χ0v) is 14.5. The third-order valence-electron chi connectivity index (χ3n) is 2.84.